The lowest BCUT2D eigenvalue weighted by atomic mass is 10.1. The fourth-order valence-electron chi connectivity index (χ4n) is 3.04. The predicted molar refractivity (Wildman–Crippen MR) is 110 cm³/mol. The Labute approximate surface area is 174 Å². The number of ether oxygens (including phenoxy) is 2. The minimum atomic E-state index is -0.985. The van der Waals surface area contributed by atoms with E-state index >= 15 is 0 Å². The van der Waals surface area contributed by atoms with Crippen LogP contribution in [0.15, 0.2) is 54.1 Å². The summed E-state index contributed by atoms with van der Waals surface area (Å²) in [5, 5.41) is 21.1. The average molecular weight is 406 g/mol. The number of hydrogen-bond donors (Lipinski definition) is 2. The molecule has 2 N–H and O–H groups in total. The summed E-state index contributed by atoms with van der Waals surface area (Å²) in [6.45, 7) is 1.33. The number of rotatable bonds is 8. The lowest BCUT2D eigenvalue weighted by molar-refractivity contribution is -0.117. The van der Waals surface area contributed by atoms with Crippen LogP contribution in [0.5, 0.6) is 5.75 Å². The van der Waals surface area contributed by atoms with Gasteiger partial charge in [0, 0.05) is 13.2 Å². The van der Waals surface area contributed by atoms with Crippen LogP contribution in [0, 0.1) is 11.3 Å². The summed E-state index contributed by atoms with van der Waals surface area (Å²) in [4.78, 5) is 23.2. The molecule has 0 spiro atoms. The van der Waals surface area contributed by atoms with Crippen LogP contribution in [-0.4, -0.2) is 36.2 Å². The Morgan fingerprint density at radius 2 is 2.07 bits per heavy atom. The Morgan fingerprint density at radius 1 is 1.27 bits per heavy atom. The van der Waals surface area contributed by atoms with E-state index in [4.69, 9.17) is 14.6 Å². The maximum atomic E-state index is 12.2. The van der Waals surface area contributed by atoms with Gasteiger partial charge in [-0.2, -0.15) is 5.26 Å². The quantitative estimate of drug-likeness (QED) is 0.515. The highest BCUT2D eigenvalue weighted by Gasteiger charge is 2.17. The number of aromatic carboxylic acids is 1. The third-order valence-electron chi connectivity index (χ3n) is 4.65. The minimum absolute atomic E-state index is 0.0153. The van der Waals surface area contributed by atoms with Crippen molar-refractivity contribution in [3.63, 3.8) is 0 Å². The van der Waals surface area contributed by atoms with Crippen molar-refractivity contribution in [1.29, 1.82) is 5.26 Å². The molecule has 7 nitrogen and oxygen atoms in total. The molecule has 0 bridgehead atoms. The van der Waals surface area contributed by atoms with Gasteiger partial charge in [0.05, 0.1) is 11.7 Å². The molecule has 1 atom stereocenters. The van der Waals surface area contributed by atoms with Gasteiger partial charge in [-0.05, 0) is 54.3 Å². The lowest BCUT2D eigenvalue weighted by Gasteiger charge is -2.10. The van der Waals surface area contributed by atoms with E-state index in [0.717, 1.165) is 18.4 Å². The molecule has 1 aliphatic rings. The Hall–Kier alpha value is -3.63. The van der Waals surface area contributed by atoms with Crippen LogP contribution in [-0.2, 0) is 16.1 Å². The summed E-state index contributed by atoms with van der Waals surface area (Å²) >= 11 is 0. The fourth-order valence-corrected chi connectivity index (χ4v) is 3.04. The maximum Gasteiger partial charge on any atom is 0.335 e. The summed E-state index contributed by atoms with van der Waals surface area (Å²) < 4.78 is 11.1. The SMILES string of the molecule is N#CC(=Cc1ccc(OCc2cccc(C(=O)O)c2)cc1)C(=O)NCC1CCCO1. The average Bonchev–Trinajstić information content (AvgIpc) is 3.29. The van der Waals surface area contributed by atoms with E-state index in [1.807, 2.05) is 6.07 Å². The number of hydrogen-bond acceptors (Lipinski definition) is 5. The Bertz CT molecular complexity index is 970. The van der Waals surface area contributed by atoms with Crippen LogP contribution in [0.3, 0.4) is 0 Å². The van der Waals surface area contributed by atoms with Crippen molar-refractivity contribution in [3.8, 4) is 11.8 Å². The molecular formula is C23H22N2O5. The normalized spacial score (nSPS) is 16.0. The number of amides is 1. The summed E-state index contributed by atoms with van der Waals surface area (Å²) in [5.74, 6) is -0.818. The molecule has 1 unspecified atom stereocenters. The van der Waals surface area contributed by atoms with E-state index in [2.05, 4.69) is 5.32 Å². The molecule has 2 aromatic carbocycles. The molecule has 0 radical (unpaired) electrons. The monoisotopic (exact) mass is 406 g/mol. The van der Waals surface area contributed by atoms with Crippen LogP contribution < -0.4 is 10.1 Å². The van der Waals surface area contributed by atoms with E-state index in [-0.39, 0.29) is 23.8 Å². The van der Waals surface area contributed by atoms with Gasteiger partial charge < -0.3 is 19.9 Å². The number of carbonyl (C=O) groups is 2. The Kier molecular flexibility index (Phi) is 7.19. The summed E-state index contributed by atoms with van der Waals surface area (Å²) in [6, 6.07) is 15.4. The van der Waals surface area contributed by atoms with Gasteiger partial charge in [-0.3, -0.25) is 4.79 Å². The molecule has 7 heteroatoms. The molecule has 2 aromatic rings. The van der Waals surface area contributed by atoms with Crippen molar-refractivity contribution in [2.75, 3.05) is 13.2 Å². The second-order valence-electron chi connectivity index (χ2n) is 6.88. The minimum Gasteiger partial charge on any atom is -0.489 e. The van der Waals surface area contributed by atoms with Gasteiger partial charge in [0.25, 0.3) is 5.91 Å². The van der Waals surface area contributed by atoms with Crippen molar-refractivity contribution in [2.24, 2.45) is 0 Å². The number of nitrogens with zero attached hydrogens (tertiary/aromatic N) is 1. The van der Waals surface area contributed by atoms with Crippen LogP contribution in [0.1, 0.15) is 34.3 Å². The van der Waals surface area contributed by atoms with E-state index in [1.54, 1.807) is 42.5 Å². The molecule has 154 valence electrons. The highest BCUT2D eigenvalue weighted by molar-refractivity contribution is 6.01. The third kappa shape index (κ3) is 5.93. The zero-order chi connectivity index (χ0) is 21.3. The zero-order valence-electron chi connectivity index (χ0n) is 16.3. The number of benzene rings is 2. The lowest BCUT2D eigenvalue weighted by Crippen LogP contribution is -2.32. The second kappa shape index (κ2) is 10.2. The molecular weight excluding hydrogens is 384 g/mol. The molecule has 1 amide bonds. The van der Waals surface area contributed by atoms with Crippen molar-refractivity contribution in [3.05, 3.63) is 70.8 Å². The largest absolute Gasteiger partial charge is 0.489 e. The zero-order valence-corrected chi connectivity index (χ0v) is 16.3. The Morgan fingerprint density at radius 3 is 2.73 bits per heavy atom. The molecule has 1 heterocycles. The van der Waals surface area contributed by atoms with Gasteiger partial charge in [-0.25, -0.2) is 4.79 Å². The van der Waals surface area contributed by atoms with Crippen molar-refractivity contribution in [1.82, 2.24) is 5.32 Å². The molecule has 1 fully saturated rings. The van der Waals surface area contributed by atoms with Crippen LogP contribution in [0.4, 0.5) is 0 Å². The van der Waals surface area contributed by atoms with Crippen LogP contribution in [0.25, 0.3) is 6.08 Å². The summed E-state index contributed by atoms with van der Waals surface area (Å²) in [5.41, 5.74) is 1.66. The smallest absolute Gasteiger partial charge is 0.335 e. The van der Waals surface area contributed by atoms with E-state index < -0.39 is 11.9 Å². The molecule has 3 rings (SSSR count). The highest BCUT2D eigenvalue weighted by Crippen LogP contribution is 2.17. The number of carboxylic acids is 1. The molecule has 0 saturated carbocycles. The third-order valence-corrected chi connectivity index (χ3v) is 4.65. The first-order chi connectivity index (χ1) is 14.5. The van der Waals surface area contributed by atoms with Crippen molar-refractivity contribution in [2.45, 2.75) is 25.6 Å². The van der Waals surface area contributed by atoms with E-state index in [0.29, 0.717) is 24.5 Å². The number of carbonyl (C=O) groups excluding carboxylic acids is 1. The molecule has 0 aliphatic carbocycles. The van der Waals surface area contributed by atoms with Gasteiger partial charge in [0.2, 0.25) is 0 Å². The highest BCUT2D eigenvalue weighted by atomic mass is 16.5. The predicted octanol–water partition coefficient (Wildman–Crippen LogP) is 3.17. The number of nitrogens with one attached hydrogen (secondary N) is 1. The van der Waals surface area contributed by atoms with Gasteiger partial charge in [0.15, 0.2) is 0 Å². The van der Waals surface area contributed by atoms with Crippen LogP contribution >= 0.6 is 0 Å². The first kappa shape index (κ1) is 21.1. The Balaban J connectivity index is 1.57. The van der Waals surface area contributed by atoms with Gasteiger partial charge >= 0.3 is 5.97 Å². The van der Waals surface area contributed by atoms with E-state index in [9.17, 15) is 14.9 Å². The van der Waals surface area contributed by atoms with Crippen molar-refractivity contribution < 1.29 is 24.2 Å². The number of carboxylic acid groups (broad SMARTS) is 1. The number of nitriles is 1. The molecule has 1 aliphatic heterocycles. The first-order valence-electron chi connectivity index (χ1n) is 9.62. The summed E-state index contributed by atoms with van der Waals surface area (Å²) in [6.07, 6.45) is 3.43. The second-order valence-corrected chi connectivity index (χ2v) is 6.88. The topological polar surface area (TPSA) is 109 Å². The maximum absolute atomic E-state index is 12.2. The molecule has 30 heavy (non-hydrogen) atoms. The fraction of sp³-hybridized carbons (Fsp3) is 0.261. The van der Waals surface area contributed by atoms with Gasteiger partial charge in [-0.1, -0.05) is 24.3 Å². The van der Waals surface area contributed by atoms with E-state index in [1.165, 1.54) is 12.1 Å². The molecule has 1 saturated heterocycles. The standard InChI is InChI=1S/C23H22N2O5/c24-13-19(22(26)25-14-21-5-2-10-29-21)11-16-6-8-20(9-7-16)30-15-17-3-1-4-18(12-17)23(27)28/h1,3-4,6-9,11-12,21H,2,5,10,14-15H2,(H,25,26)(H,27,28). The van der Waals surface area contributed by atoms with Gasteiger partial charge in [0.1, 0.15) is 24.0 Å². The first-order valence-corrected chi connectivity index (χ1v) is 9.62. The molecule has 0 aromatic heterocycles. The van der Waals surface area contributed by atoms with Crippen molar-refractivity contribution >= 4 is 18.0 Å². The summed E-state index contributed by atoms with van der Waals surface area (Å²) in [7, 11) is 0. The van der Waals surface area contributed by atoms with Gasteiger partial charge in [-0.15, -0.1) is 0 Å². The van der Waals surface area contributed by atoms with Crippen LogP contribution in [0.2, 0.25) is 0 Å².